The topological polar surface area (TPSA) is 59.9 Å². The van der Waals surface area contributed by atoms with E-state index in [9.17, 15) is 4.79 Å². The van der Waals surface area contributed by atoms with E-state index in [-0.39, 0.29) is 5.91 Å². The van der Waals surface area contributed by atoms with Crippen LogP contribution in [0.4, 0.5) is 0 Å². The van der Waals surface area contributed by atoms with Gasteiger partial charge < -0.3 is 9.88 Å². The Morgan fingerprint density at radius 3 is 2.85 bits per heavy atom. The molecule has 0 atom stereocenters. The Balaban J connectivity index is 1.38. The fourth-order valence-electron chi connectivity index (χ4n) is 3.44. The van der Waals surface area contributed by atoms with Crippen LogP contribution < -0.4 is 0 Å². The van der Waals surface area contributed by atoms with Crippen LogP contribution in [0.15, 0.2) is 46.9 Å². The molecule has 1 N–H and O–H groups in total. The lowest BCUT2D eigenvalue weighted by Crippen LogP contribution is -2.36. The number of benzene rings is 2. The monoisotopic (exact) mass is 439 g/mol. The van der Waals surface area contributed by atoms with E-state index >= 15 is 0 Å². The van der Waals surface area contributed by atoms with Gasteiger partial charge in [0.25, 0.3) is 0 Å². The summed E-state index contributed by atoms with van der Waals surface area (Å²) in [6.07, 6.45) is 0.864. The van der Waals surface area contributed by atoms with Gasteiger partial charge in [0.2, 0.25) is 5.91 Å². The number of nitrogens with one attached hydrogen (secondary N) is 1. The van der Waals surface area contributed by atoms with Crippen LogP contribution in [-0.4, -0.2) is 28.1 Å². The fourth-order valence-corrected chi connectivity index (χ4v) is 4.79. The first-order valence-electron chi connectivity index (χ1n) is 8.78. The highest BCUT2D eigenvalue weighted by molar-refractivity contribution is 9.10. The van der Waals surface area contributed by atoms with Crippen molar-refractivity contribution in [2.45, 2.75) is 18.7 Å². The molecule has 0 aliphatic carbocycles. The Hall–Kier alpha value is -2.23. The second kappa shape index (κ2) is 7.79. The van der Waals surface area contributed by atoms with Crippen molar-refractivity contribution in [3.63, 3.8) is 0 Å². The number of hydrogen-bond donors (Lipinski definition) is 1. The molecule has 0 fully saturated rings. The van der Waals surface area contributed by atoms with Crippen molar-refractivity contribution in [1.82, 2.24) is 9.88 Å². The second-order valence-corrected chi connectivity index (χ2v) is 8.45. The molecular weight excluding hydrogens is 422 g/mol. The molecule has 1 aliphatic heterocycles. The van der Waals surface area contributed by atoms with Crippen LogP contribution in [-0.2, 0) is 23.5 Å². The van der Waals surface area contributed by atoms with Crippen molar-refractivity contribution in [3.8, 4) is 6.07 Å². The number of carbonyl (C=O) groups is 1. The minimum absolute atomic E-state index is 0.184. The van der Waals surface area contributed by atoms with E-state index in [1.807, 2.05) is 41.3 Å². The molecule has 1 aliphatic rings. The van der Waals surface area contributed by atoms with Gasteiger partial charge in [0.05, 0.1) is 22.9 Å². The highest BCUT2D eigenvalue weighted by atomic mass is 79.9. The maximum atomic E-state index is 12.7. The highest BCUT2D eigenvalue weighted by Crippen LogP contribution is 2.32. The number of hydrogen-bond acceptors (Lipinski definition) is 3. The van der Waals surface area contributed by atoms with E-state index in [1.165, 1.54) is 16.6 Å². The Kier molecular flexibility index (Phi) is 5.24. The van der Waals surface area contributed by atoms with Gasteiger partial charge in [-0.25, -0.2) is 0 Å². The summed E-state index contributed by atoms with van der Waals surface area (Å²) in [4.78, 5) is 18.1. The number of amides is 1. The van der Waals surface area contributed by atoms with Gasteiger partial charge >= 0.3 is 0 Å². The van der Waals surface area contributed by atoms with Gasteiger partial charge in [0, 0.05) is 46.4 Å². The molecule has 0 radical (unpaired) electrons. The molecule has 0 unspecified atom stereocenters. The number of carbonyl (C=O) groups excluding carboxylic acids is 1. The van der Waals surface area contributed by atoms with Crippen molar-refractivity contribution in [1.29, 1.82) is 5.26 Å². The Bertz CT molecular complexity index is 1040. The summed E-state index contributed by atoms with van der Waals surface area (Å²) in [7, 11) is 0. The number of aromatic nitrogens is 1. The number of nitriles is 1. The predicted octanol–water partition coefficient (Wildman–Crippen LogP) is 4.62. The summed E-state index contributed by atoms with van der Waals surface area (Å²) in [5.41, 5.74) is 5.39. The van der Waals surface area contributed by atoms with Crippen molar-refractivity contribution in [2.24, 2.45) is 0 Å². The van der Waals surface area contributed by atoms with Crippen LogP contribution in [0.25, 0.3) is 10.9 Å². The zero-order valence-corrected chi connectivity index (χ0v) is 17.1. The molecule has 1 amide bonds. The third-order valence-corrected chi connectivity index (χ3v) is 6.54. The van der Waals surface area contributed by atoms with Crippen molar-refractivity contribution in [2.75, 3.05) is 12.3 Å². The number of para-hydroxylation sites is 1. The number of fused-ring (bicyclic) bond motifs is 3. The highest BCUT2D eigenvalue weighted by Gasteiger charge is 2.24. The normalized spacial score (nSPS) is 13.4. The Morgan fingerprint density at radius 1 is 1.26 bits per heavy atom. The SMILES string of the molecule is N#Cc1ccc(CSCC(=O)N2CCc3[nH]c4c(Br)cccc4c3C2)cc1. The lowest BCUT2D eigenvalue weighted by Gasteiger charge is -2.27. The molecule has 2 heterocycles. The van der Waals surface area contributed by atoms with E-state index < -0.39 is 0 Å². The maximum absolute atomic E-state index is 12.7. The summed E-state index contributed by atoms with van der Waals surface area (Å²) >= 11 is 5.22. The summed E-state index contributed by atoms with van der Waals surface area (Å²) in [6.45, 7) is 1.43. The van der Waals surface area contributed by atoms with E-state index in [0.29, 0.717) is 17.9 Å². The molecule has 0 spiro atoms. The second-order valence-electron chi connectivity index (χ2n) is 6.61. The molecule has 136 valence electrons. The van der Waals surface area contributed by atoms with Crippen LogP contribution in [0.2, 0.25) is 0 Å². The number of rotatable bonds is 4. The molecule has 3 aromatic rings. The summed E-state index contributed by atoms with van der Waals surface area (Å²) in [5, 5.41) is 10.0. The zero-order valence-electron chi connectivity index (χ0n) is 14.7. The first-order valence-corrected chi connectivity index (χ1v) is 10.7. The van der Waals surface area contributed by atoms with Crippen LogP contribution in [0, 0.1) is 11.3 Å². The number of halogens is 1. The molecule has 27 heavy (non-hydrogen) atoms. The molecule has 0 saturated carbocycles. The van der Waals surface area contributed by atoms with Crippen molar-refractivity contribution >= 4 is 44.5 Å². The largest absolute Gasteiger partial charge is 0.357 e. The number of thioether (sulfide) groups is 1. The average Bonchev–Trinajstić information content (AvgIpc) is 3.08. The first kappa shape index (κ1) is 18.1. The molecule has 4 rings (SSSR count). The number of nitrogens with zero attached hydrogens (tertiary/aromatic N) is 2. The third kappa shape index (κ3) is 3.76. The van der Waals surface area contributed by atoms with Crippen LogP contribution in [0.3, 0.4) is 0 Å². The minimum atomic E-state index is 0.184. The third-order valence-electron chi connectivity index (χ3n) is 4.89. The zero-order chi connectivity index (χ0) is 18.8. The van der Waals surface area contributed by atoms with Crippen molar-refractivity contribution < 1.29 is 4.79 Å². The van der Waals surface area contributed by atoms with Gasteiger partial charge in [-0.3, -0.25) is 4.79 Å². The summed E-state index contributed by atoms with van der Waals surface area (Å²) in [6, 6.07) is 15.8. The first-order chi connectivity index (χ1) is 13.2. The Morgan fingerprint density at radius 2 is 2.07 bits per heavy atom. The average molecular weight is 440 g/mol. The number of H-pyrrole nitrogens is 1. The smallest absolute Gasteiger partial charge is 0.232 e. The lowest BCUT2D eigenvalue weighted by molar-refractivity contribution is -0.129. The maximum Gasteiger partial charge on any atom is 0.232 e. The Labute approximate surface area is 170 Å². The van der Waals surface area contributed by atoms with Gasteiger partial charge in [-0.15, -0.1) is 11.8 Å². The number of aromatic amines is 1. The molecule has 4 nitrogen and oxygen atoms in total. The molecule has 2 aromatic carbocycles. The molecular formula is C21H18BrN3OS. The fraction of sp³-hybridized carbons (Fsp3) is 0.238. The van der Waals surface area contributed by atoms with Gasteiger partial charge in [0.15, 0.2) is 0 Å². The van der Waals surface area contributed by atoms with E-state index in [1.54, 1.807) is 11.8 Å². The molecule has 0 bridgehead atoms. The molecule has 1 aromatic heterocycles. The predicted molar refractivity (Wildman–Crippen MR) is 112 cm³/mol. The van der Waals surface area contributed by atoms with Crippen LogP contribution in [0.5, 0.6) is 0 Å². The van der Waals surface area contributed by atoms with Crippen LogP contribution >= 0.6 is 27.7 Å². The standard InChI is InChI=1S/C21H18BrN3OS/c22-18-3-1-2-16-17-11-25(9-8-19(17)24-21(16)18)20(26)13-27-12-15-6-4-14(10-23)5-7-15/h1-7,24H,8-9,11-13H2. The van der Waals surface area contributed by atoms with Gasteiger partial charge in [-0.2, -0.15) is 5.26 Å². The molecule has 6 heteroatoms. The van der Waals surface area contributed by atoms with E-state index in [4.69, 9.17) is 5.26 Å². The molecule has 0 saturated heterocycles. The summed E-state index contributed by atoms with van der Waals surface area (Å²) < 4.78 is 1.06. The van der Waals surface area contributed by atoms with Gasteiger partial charge in [-0.1, -0.05) is 24.3 Å². The van der Waals surface area contributed by atoms with E-state index in [0.717, 1.165) is 34.3 Å². The van der Waals surface area contributed by atoms with Gasteiger partial charge in [0.1, 0.15) is 0 Å². The van der Waals surface area contributed by atoms with Crippen molar-refractivity contribution in [3.05, 3.63) is 69.3 Å². The minimum Gasteiger partial charge on any atom is -0.357 e. The summed E-state index contributed by atoms with van der Waals surface area (Å²) in [5.74, 6) is 1.43. The van der Waals surface area contributed by atoms with Crippen LogP contribution in [0.1, 0.15) is 22.4 Å². The van der Waals surface area contributed by atoms with E-state index in [2.05, 4.69) is 33.0 Å². The van der Waals surface area contributed by atoms with Gasteiger partial charge in [-0.05, 0) is 39.7 Å². The quantitative estimate of drug-likeness (QED) is 0.644. The lowest BCUT2D eigenvalue weighted by atomic mass is 10.0.